The van der Waals surface area contributed by atoms with E-state index in [0.29, 0.717) is 11.3 Å². The SMILES string of the molecule is [CH2]n1cc(CN2C(=O)C(F)(F)c3cc(C)ccc32)nn1. The van der Waals surface area contributed by atoms with Gasteiger partial charge in [0.1, 0.15) is 5.69 Å². The van der Waals surface area contributed by atoms with Crippen molar-refractivity contribution in [3.05, 3.63) is 48.3 Å². The Morgan fingerprint density at radius 2 is 2.15 bits per heavy atom. The van der Waals surface area contributed by atoms with Gasteiger partial charge in [-0.1, -0.05) is 16.8 Å². The van der Waals surface area contributed by atoms with Crippen molar-refractivity contribution >= 4 is 11.6 Å². The van der Waals surface area contributed by atoms with E-state index < -0.39 is 11.8 Å². The van der Waals surface area contributed by atoms with Crippen molar-refractivity contribution in [2.24, 2.45) is 0 Å². The van der Waals surface area contributed by atoms with E-state index in [1.54, 1.807) is 13.0 Å². The molecule has 0 bridgehead atoms. The number of hydrogen-bond acceptors (Lipinski definition) is 3. The van der Waals surface area contributed by atoms with Crippen molar-refractivity contribution in [1.82, 2.24) is 15.0 Å². The Kier molecular flexibility index (Phi) is 2.60. The molecule has 0 atom stereocenters. The zero-order chi connectivity index (χ0) is 14.5. The Balaban J connectivity index is 2.03. The Morgan fingerprint density at radius 1 is 1.40 bits per heavy atom. The van der Waals surface area contributed by atoms with E-state index >= 15 is 0 Å². The molecular weight excluding hydrogens is 266 g/mol. The molecule has 0 fully saturated rings. The summed E-state index contributed by atoms with van der Waals surface area (Å²) in [4.78, 5) is 12.9. The molecule has 1 aromatic carbocycles. The van der Waals surface area contributed by atoms with E-state index in [2.05, 4.69) is 17.4 Å². The van der Waals surface area contributed by atoms with Crippen molar-refractivity contribution in [3.63, 3.8) is 0 Å². The summed E-state index contributed by atoms with van der Waals surface area (Å²) < 4.78 is 29.3. The van der Waals surface area contributed by atoms with E-state index in [9.17, 15) is 13.6 Å². The molecule has 0 unspecified atom stereocenters. The molecule has 5 nitrogen and oxygen atoms in total. The van der Waals surface area contributed by atoms with Crippen LogP contribution < -0.4 is 4.90 Å². The molecule has 2 heterocycles. The zero-order valence-corrected chi connectivity index (χ0v) is 10.7. The molecule has 1 aromatic heterocycles. The standard InChI is InChI=1S/C13H11F2N4O/c1-8-3-4-11-10(5-8)13(14,15)12(20)19(11)7-9-6-18(2)17-16-9/h3-6H,2,7H2,1H3. The van der Waals surface area contributed by atoms with E-state index in [-0.39, 0.29) is 17.8 Å². The van der Waals surface area contributed by atoms with Gasteiger partial charge in [-0.3, -0.25) is 9.48 Å². The summed E-state index contributed by atoms with van der Waals surface area (Å²) in [6.45, 7) is 1.65. The van der Waals surface area contributed by atoms with Gasteiger partial charge in [0.05, 0.1) is 31.0 Å². The van der Waals surface area contributed by atoms with Gasteiger partial charge in [0.2, 0.25) is 0 Å². The highest BCUT2D eigenvalue weighted by atomic mass is 19.3. The first kappa shape index (κ1) is 12.7. The average Bonchev–Trinajstić information content (AvgIpc) is 2.87. The van der Waals surface area contributed by atoms with E-state index in [1.807, 2.05) is 0 Å². The number of anilines is 1. The summed E-state index contributed by atoms with van der Waals surface area (Å²) in [7, 11) is 3.51. The van der Waals surface area contributed by atoms with Gasteiger partial charge in [0.25, 0.3) is 0 Å². The summed E-state index contributed by atoms with van der Waals surface area (Å²) in [5.41, 5.74) is 1.04. The third kappa shape index (κ3) is 1.77. The number of amides is 1. The fraction of sp³-hybridized carbons (Fsp3) is 0.231. The quantitative estimate of drug-likeness (QED) is 0.842. The van der Waals surface area contributed by atoms with Crippen LogP contribution in [-0.4, -0.2) is 20.9 Å². The first-order chi connectivity index (χ1) is 9.39. The second kappa shape index (κ2) is 4.09. The molecule has 2 aromatic rings. The number of hydrogen-bond donors (Lipinski definition) is 0. The summed E-state index contributed by atoms with van der Waals surface area (Å²) in [6.07, 6.45) is 1.48. The molecule has 0 N–H and O–H groups in total. The maximum absolute atomic E-state index is 14.0. The number of aromatic nitrogens is 3. The van der Waals surface area contributed by atoms with E-state index in [0.717, 1.165) is 4.90 Å². The number of alkyl halides is 2. The monoisotopic (exact) mass is 277 g/mol. The summed E-state index contributed by atoms with van der Waals surface area (Å²) in [5, 5.41) is 7.38. The van der Waals surface area contributed by atoms with Gasteiger partial charge in [-0.05, 0) is 19.1 Å². The predicted octanol–water partition coefficient (Wildman–Crippen LogP) is 1.86. The second-order valence-corrected chi connectivity index (χ2v) is 4.74. The molecule has 1 aliphatic heterocycles. The van der Waals surface area contributed by atoms with Crippen molar-refractivity contribution in [2.45, 2.75) is 19.4 Å². The minimum atomic E-state index is -3.50. The maximum atomic E-state index is 14.0. The Hall–Kier alpha value is -2.31. The van der Waals surface area contributed by atoms with Crippen LogP contribution in [0.2, 0.25) is 0 Å². The number of aryl methyl sites for hydroxylation is 1. The molecule has 0 aliphatic carbocycles. The number of rotatable bonds is 2. The molecule has 0 saturated carbocycles. The lowest BCUT2D eigenvalue weighted by atomic mass is 10.1. The number of carbonyl (C=O) groups is 1. The molecule has 1 amide bonds. The lowest BCUT2D eigenvalue weighted by Crippen LogP contribution is -2.34. The van der Waals surface area contributed by atoms with Crippen LogP contribution in [0.4, 0.5) is 14.5 Å². The predicted molar refractivity (Wildman–Crippen MR) is 67.0 cm³/mol. The van der Waals surface area contributed by atoms with Crippen LogP contribution in [0.15, 0.2) is 24.4 Å². The van der Waals surface area contributed by atoms with Crippen LogP contribution in [0.1, 0.15) is 16.8 Å². The Labute approximate surface area is 113 Å². The highest BCUT2D eigenvalue weighted by Gasteiger charge is 2.52. The molecule has 0 saturated heterocycles. The highest BCUT2D eigenvalue weighted by Crippen LogP contribution is 2.44. The topological polar surface area (TPSA) is 51.0 Å². The zero-order valence-electron chi connectivity index (χ0n) is 10.7. The van der Waals surface area contributed by atoms with Crippen LogP contribution in [0.5, 0.6) is 0 Å². The average molecular weight is 277 g/mol. The van der Waals surface area contributed by atoms with Crippen molar-refractivity contribution in [3.8, 4) is 0 Å². The van der Waals surface area contributed by atoms with Crippen LogP contribution in [-0.2, 0) is 17.3 Å². The van der Waals surface area contributed by atoms with Crippen LogP contribution in [0.3, 0.4) is 0 Å². The third-order valence-corrected chi connectivity index (χ3v) is 3.20. The van der Waals surface area contributed by atoms with Gasteiger partial charge < -0.3 is 4.90 Å². The molecule has 7 heteroatoms. The van der Waals surface area contributed by atoms with Gasteiger partial charge in [-0.2, -0.15) is 8.78 Å². The molecule has 0 spiro atoms. The summed E-state index contributed by atoms with van der Waals surface area (Å²) in [5.74, 6) is -4.74. The molecule has 103 valence electrons. The van der Waals surface area contributed by atoms with Gasteiger partial charge in [0, 0.05) is 0 Å². The number of halogens is 2. The molecule has 20 heavy (non-hydrogen) atoms. The third-order valence-electron chi connectivity index (χ3n) is 3.20. The molecular formula is C13H11F2N4O. The fourth-order valence-electron chi connectivity index (χ4n) is 2.26. The minimum Gasteiger partial charge on any atom is -0.300 e. The second-order valence-electron chi connectivity index (χ2n) is 4.74. The fourth-order valence-corrected chi connectivity index (χ4v) is 2.26. The minimum absolute atomic E-state index is 0.0556. The highest BCUT2D eigenvalue weighted by molar-refractivity contribution is 6.05. The van der Waals surface area contributed by atoms with Crippen LogP contribution >= 0.6 is 0 Å². The van der Waals surface area contributed by atoms with Crippen LogP contribution in [0, 0.1) is 14.0 Å². The summed E-state index contributed by atoms with van der Waals surface area (Å²) in [6, 6.07) is 4.56. The molecule has 1 aliphatic rings. The maximum Gasteiger partial charge on any atom is 0.352 e. The first-order valence-electron chi connectivity index (χ1n) is 5.92. The van der Waals surface area contributed by atoms with Gasteiger partial charge in [-0.15, -0.1) is 5.10 Å². The van der Waals surface area contributed by atoms with Gasteiger partial charge in [-0.25, -0.2) is 0 Å². The first-order valence-corrected chi connectivity index (χ1v) is 5.92. The Morgan fingerprint density at radius 3 is 2.80 bits per heavy atom. The normalized spacial score (nSPS) is 16.6. The van der Waals surface area contributed by atoms with Crippen molar-refractivity contribution < 1.29 is 13.6 Å². The van der Waals surface area contributed by atoms with Crippen molar-refractivity contribution in [2.75, 3.05) is 4.90 Å². The lowest BCUT2D eigenvalue weighted by Gasteiger charge is -2.15. The molecule has 3 rings (SSSR count). The number of benzene rings is 1. The largest absolute Gasteiger partial charge is 0.352 e. The number of nitrogens with zero attached hydrogens (tertiary/aromatic N) is 4. The Bertz CT molecular complexity index is 695. The smallest absolute Gasteiger partial charge is 0.300 e. The van der Waals surface area contributed by atoms with Gasteiger partial charge >= 0.3 is 11.8 Å². The summed E-state index contributed by atoms with van der Waals surface area (Å²) >= 11 is 0. The van der Waals surface area contributed by atoms with Crippen molar-refractivity contribution in [1.29, 1.82) is 0 Å². The number of fused-ring (bicyclic) bond motifs is 1. The van der Waals surface area contributed by atoms with E-state index in [4.69, 9.17) is 0 Å². The molecule has 1 radical (unpaired) electrons. The van der Waals surface area contributed by atoms with Gasteiger partial charge in [0.15, 0.2) is 0 Å². The van der Waals surface area contributed by atoms with E-state index in [1.165, 1.54) is 23.0 Å². The number of carbonyl (C=O) groups excluding carboxylic acids is 1. The van der Waals surface area contributed by atoms with Crippen LogP contribution in [0.25, 0.3) is 0 Å². The lowest BCUT2D eigenvalue weighted by molar-refractivity contribution is -0.141.